The molecule has 130 valence electrons. The summed E-state index contributed by atoms with van der Waals surface area (Å²) in [5.74, 6) is 1.51. The van der Waals surface area contributed by atoms with Crippen LogP contribution in [0.4, 0.5) is 0 Å². The highest BCUT2D eigenvalue weighted by atomic mass is 35.5. The van der Waals surface area contributed by atoms with Crippen molar-refractivity contribution < 1.29 is 4.52 Å². The van der Waals surface area contributed by atoms with E-state index in [0.29, 0.717) is 27.6 Å². The average molecular weight is 385 g/mol. The number of rotatable bonds is 5. The van der Waals surface area contributed by atoms with Crippen LogP contribution in [0.5, 0.6) is 0 Å². The maximum absolute atomic E-state index is 5.90. The Morgan fingerprint density at radius 3 is 2.73 bits per heavy atom. The maximum atomic E-state index is 5.90. The van der Waals surface area contributed by atoms with Crippen LogP contribution in [-0.2, 0) is 5.75 Å². The molecule has 0 saturated carbocycles. The molecule has 0 aliphatic heterocycles. The number of aromatic nitrogens is 6. The average Bonchev–Trinajstić information content (AvgIpc) is 3.30. The van der Waals surface area contributed by atoms with Crippen LogP contribution in [0.1, 0.15) is 11.4 Å². The molecule has 0 unspecified atom stereocenters. The lowest BCUT2D eigenvalue weighted by molar-refractivity contribution is 0.425. The van der Waals surface area contributed by atoms with Crippen molar-refractivity contribution in [2.75, 3.05) is 0 Å². The third kappa shape index (κ3) is 3.47. The molecule has 0 amide bonds. The first kappa shape index (κ1) is 16.7. The molecule has 0 radical (unpaired) electrons. The molecular weight excluding hydrogens is 372 g/mol. The van der Waals surface area contributed by atoms with Gasteiger partial charge in [0.1, 0.15) is 0 Å². The Labute approximate surface area is 158 Å². The Bertz CT molecular complexity index is 1030. The van der Waals surface area contributed by atoms with E-state index in [-0.39, 0.29) is 0 Å². The van der Waals surface area contributed by atoms with Crippen molar-refractivity contribution in [2.24, 2.45) is 0 Å². The lowest BCUT2D eigenvalue weighted by Gasteiger charge is -2.06. The first-order valence-electron chi connectivity index (χ1n) is 7.76. The zero-order chi connectivity index (χ0) is 17.9. The number of para-hydroxylation sites is 1. The predicted molar refractivity (Wildman–Crippen MR) is 98.2 cm³/mol. The molecule has 0 bridgehead atoms. The highest BCUT2D eigenvalue weighted by Crippen LogP contribution is 2.25. The van der Waals surface area contributed by atoms with Crippen LogP contribution in [0.25, 0.3) is 17.1 Å². The smallest absolute Gasteiger partial charge is 0.257 e. The van der Waals surface area contributed by atoms with Crippen molar-refractivity contribution in [3.8, 4) is 17.1 Å². The van der Waals surface area contributed by atoms with E-state index in [4.69, 9.17) is 16.1 Å². The van der Waals surface area contributed by atoms with Crippen LogP contribution in [0.15, 0.2) is 58.2 Å². The first-order valence-corrected chi connectivity index (χ1v) is 9.13. The monoisotopic (exact) mass is 384 g/mol. The topological polar surface area (TPSA) is 82.5 Å². The van der Waals surface area contributed by atoms with Gasteiger partial charge >= 0.3 is 0 Å². The van der Waals surface area contributed by atoms with Gasteiger partial charge in [0, 0.05) is 10.6 Å². The van der Waals surface area contributed by atoms with Crippen LogP contribution < -0.4 is 0 Å². The minimum atomic E-state index is 0.454. The molecule has 0 aliphatic carbocycles. The van der Waals surface area contributed by atoms with Crippen LogP contribution in [0.2, 0.25) is 5.02 Å². The van der Waals surface area contributed by atoms with Gasteiger partial charge in [-0.2, -0.15) is 9.67 Å². The van der Waals surface area contributed by atoms with Gasteiger partial charge in [-0.15, -0.1) is 5.10 Å². The standard InChI is InChI=1S/C17H13ClN6OS/c1-11-4-2-3-5-14(11)24-17(20-22-23-24)26-10-15-19-16(25-21-15)12-6-8-13(18)9-7-12/h2-9H,10H2,1H3. The highest BCUT2D eigenvalue weighted by Gasteiger charge is 2.14. The Morgan fingerprint density at radius 1 is 1.12 bits per heavy atom. The lowest BCUT2D eigenvalue weighted by Crippen LogP contribution is -2.01. The quantitative estimate of drug-likeness (QED) is 0.481. The molecule has 2 aromatic heterocycles. The number of tetrazole rings is 1. The zero-order valence-electron chi connectivity index (χ0n) is 13.7. The van der Waals surface area contributed by atoms with E-state index in [0.717, 1.165) is 16.8 Å². The second-order valence-corrected chi connectivity index (χ2v) is 6.85. The number of thioether (sulfide) groups is 1. The predicted octanol–water partition coefficient (Wildman–Crippen LogP) is 3.97. The normalized spacial score (nSPS) is 11.0. The summed E-state index contributed by atoms with van der Waals surface area (Å²) in [5, 5.41) is 17.3. The summed E-state index contributed by atoms with van der Waals surface area (Å²) in [4.78, 5) is 4.41. The van der Waals surface area contributed by atoms with E-state index in [1.54, 1.807) is 16.8 Å². The Kier molecular flexibility index (Phi) is 4.68. The molecule has 0 aliphatic rings. The van der Waals surface area contributed by atoms with Gasteiger partial charge in [-0.05, 0) is 53.2 Å². The Hall–Kier alpha value is -2.71. The van der Waals surface area contributed by atoms with E-state index in [1.807, 2.05) is 43.3 Å². The van der Waals surface area contributed by atoms with E-state index in [9.17, 15) is 0 Å². The van der Waals surface area contributed by atoms with Crippen molar-refractivity contribution in [2.45, 2.75) is 17.8 Å². The summed E-state index contributed by atoms with van der Waals surface area (Å²) in [6.45, 7) is 2.02. The second-order valence-electron chi connectivity index (χ2n) is 5.47. The fraction of sp³-hybridized carbons (Fsp3) is 0.118. The van der Waals surface area contributed by atoms with Crippen molar-refractivity contribution in [3.05, 3.63) is 64.9 Å². The largest absolute Gasteiger partial charge is 0.334 e. The van der Waals surface area contributed by atoms with Crippen molar-refractivity contribution >= 4 is 23.4 Å². The van der Waals surface area contributed by atoms with Gasteiger partial charge in [-0.25, -0.2) is 0 Å². The van der Waals surface area contributed by atoms with E-state index in [2.05, 4.69) is 25.7 Å². The number of nitrogens with zero attached hydrogens (tertiary/aromatic N) is 6. The minimum Gasteiger partial charge on any atom is -0.334 e. The number of aryl methyl sites for hydroxylation is 1. The van der Waals surface area contributed by atoms with Crippen LogP contribution in [0, 0.1) is 6.92 Å². The van der Waals surface area contributed by atoms with Crippen LogP contribution >= 0.6 is 23.4 Å². The highest BCUT2D eigenvalue weighted by molar-refractivity contribution is 7.98. The number of halogens is 1. The number of benzene rings is 2. The molecule has 0 fully saturated rings. The van der Waals surface area contributed by atoms with Gasteiger partial charge in [0.15, 0.2) is 5.82 Å². The molecule has 0 saturated heterocycles. The first-order chi connectivity index (χ1) is 12.7. The molecular formula is C17H13ClN6OS. The van der Waals surface area contributed by atoms with E-state index < -0.39 is 0 Å². The zero-order valence-corrected chi connectivity index (χ0v) is 15.3. The summed E-state index contributed by atoms with van der Waals surface area (Å²) >= 11 is 7.34. The van der Waals surface area contributed by atoms with Crippen molar-refractivity contribution in [3.63, 3.8) is 0 Å². The van der Waals surface area contributed by atoms with Crippen molar-refractivity contribution in [1.82, 2.24) is 30.3 Å². The van der Waals surface area contributed by atoms with Gasteiger partial charge < -0.3 is 4.52 Å². The third-order valence-electron chi connectivity index (χ3n) is 3.67. The van der Waals surface area contributed by atoms with Gasteiger partial charge in [0.25, 0.3) is 5.89 Å². The van der Waals surface area contributed by atoms with Gasteiger partial charge in [0.05, 0.1) is 11.4 Å². The Balaban J connectivity index is 1.50. The second kappa shape index (κ2) is 7.27. The summed E-state index contributed by atoms with van der Waals surface area (Å²) in [5.41, 5.74) is 2.85. The lowest BCUT2D eigenvalue weighted by atomic mass is 10.2. The van der Waals surface area contributed by atoms with Gasteiger partial charge in [0.2, 0.25) is 5.16 Å². The summed E-state index contributed by atoms with van der Waals surface area (Å²) < 4.78 is 7.03. The van der Waals surface area contributed by atoms with Gasteiger partial charge in [-0.3, -0.25) is 0 Å². The van der Waals surface area contributed by atoms with Crippen LogP contribution in [0.3, 0.4) is 0 Å². The third-order valence-corrected chi connectivity index (χ3v) is 4.84. The molecule has 9 heteroatoms. The molecule has 0 N–H and O–H groups in total. The number of hydrogen-bond acceptors (Lipinski definition) is 7. The van der Waals surface area contributed by atoms with Crippen molar-refractivity contribution in [1.29, 1.82) is 0 Å². The van der Waals surface area contributed by atoms with E-state index >= 15 is 0 Å². The molecule has 26 heavy (non-hydrogen) atoms. The molecule has 4 rings (SSSR count). The van der Waals surface area contributed by atoms with E-state index in [1.165, 1.54) is 11.8 Å². The number of hydrogen-bond donors (Lipinski definition) is 0. The Morgan fingerprint density at radius 2 is 1.92 bits per heavy atom. The molecule has 0 spiro atoms. The summed E-state index contributed by atoms with van der Waals surface area (Å²) in [7, 11) is 0. The summed E-state index contributed by atoms with van der Waals surface area (Å²) in [6, 6.07) is 15.2. The fourth-order valence-corrected chi connectivity index (χ4v) is 3.23. The fourth-order valence-electron chi connectivity index (χ4n) is 2.37. The van der Waals surface area contributed by atoms with Gasteiger partial charge in [-0.1, -0.05) is 46.7 Å². The SMILES string of the molecule is Cc1ccccc1-n1nnnc1SCc1noc(-c2ccc(Cl)cc2)n1. The molecule has 2 heterocycles. The molecule has 0 atom stereocenters. The molecule has 4 aromatic rings. The minimum absolute atomic E-state index is 0.454. The molecule has 7 nitrogen and oxygen atoms in total. The summed E-state index contributed by atoms with van der Waals surface area (Å²) in [6.07, 6.45) is 0. The maximum Gasteiger partial charge on any atom is 0.257 e. The van der Waals surface area contributed by atoms with Crippen LogP contribution in [-0.4, -0.2) is 30.3 Å². The molecule has 2 aromatic carbocycles.